The molecule has 0 saturated carbocycles. The maximum atomic E-state index is 12.6. The van der Waals surface area contributed by atoms with E-state index in [0.717, 1.165) is 53.5 Å². The number of allylic oxidation sites excluding steroid dienone is 1. The third-order valence-corrected chi connectivity index (χ3v) is 6.30. The molecule has 2 aromatic rings. The van der Waals surface area contributed by atoms with Gasteiger partial charge in [-0.1, -0.05) is 13.0 Å². The number of unbranched alkanes of at least 4 members (excludes halogenated alkanes) is 2. The third kappa shape index (κ3) is 5.81. The number of ether oxygens (including phenoxy) is 1. The van der Waals surface area contributed by atoms with E-state index in [1.54, 1.807) is 17.7 Å². The standard InChI is InChI=1S/C24H27BNO6.W/c1-4-17-21(26(3)15-19(23(17)27)24(28)29)10-8-6-7-9-13-31-16-11-12-18-20(14-16)25(30)32-22(18)5-2;/h10-12,14-15,22,30H,5-7,9,13H2,1-3H3,(H,28,29);/q-1;/t22-;/m1./s1. The van der Waals surface area contributed by atoms with Crippen molar-refractivity contribution in [3.63, 3.8) is 0 Å². The van der Waals surface area contributed by atoms with E-state index in [1.807, 2.05) is 32.0 Å². The predicted molar refractivity (Wildman–Crippen MR) is 124 cm³/mol. The van der Waals surface area contributed by atoms with E-state index in [4.69, 9.17) is 9.39 Å². The van der Waals surface area contributed by atoms with Gasteiger partial charge in [0, 0.05) is 0 Å². The van der Waals surface area contributed by atoms with E-state index in [0.29, 0.717) is 30.0 Å². The summed E-state index contributed by atoms with van der Waals surface area (Å²) in [6.45, 7) is 4.40. The monoisotopic (exact) mass is 620 g/mol. The Kier molecular flexibility index (Phi) is 8.63. The van der Waals surface area contributed by atoms with Crippen molar-refractivity contribution < 1.29 is 43.7 Å². The Hall–Kier alpha value is -2.28. The third-order valence-electron chi connectivity index (χ3n) is 5.57. The molecule has 1 atom stereocenters. The molecule has 1 aromatic carbocycles. The second kappa shape index (κ2) is 11.2. The zero-order valence-corrected chi connectivity index (χ0v) is 21.9. The van der Waals surface area contributed by atoms with Crippen LogP contribution in [0.1, 0.15) is 72.8 Å². The van der Waals surface area contributed by atoms with Crippen LogP contribution in [0.3, 0.4) is 0 Å². The summed E-state index contributed by atoms with van der Waals surface area (Å²) in [4.78, 5) is 23.9. The van der Waals surface area contributed by atoms with Crippen LogP contribution in [0, 0.1) is 6.08 Å². The van der Waals surface area contributed by atoms with Crippen LogP contribution in [0.15, 0.2) is 29.2 Å². The van der Waals surface area contributed by atoms with Gasteiger partial charge in [-0.3, -0.25) is 0 Å². The number of aromatic nitrogens is 1. The van der Waals surface area contributed by atoms with Crippen molar-refractivity contribution in [2.75, 3.05) is 6.61 Å². The van der Waals surface area contributed by atoms with Crippen LogP contribution in [0.4, 0.5) is 0 Å². The Balaban J connectivity index is 1.54. The Labute approximate surface area is 204 Å². The van der Waals surface area contributed by atoms with Gasteiger partial charge in [0.25, 0.3) is 0 Å². The number of hydrogen-bond donors (Lipinski definition) is 2. The Morgan fingerprint density at radius 3 is 2.82 bits per heavy atom. The van der Waals surface area contributed by atoms with Gasteiger partial charge in [0.2, 0.25) is 0 Å². The molecule has 1 aliphatic heterocycles. The van der Waals surface area contributed by atoms with E-state index in [-0.39, 0.29) is 11.7 Å². The van der Waals surface area contributed by atoms with Crippen molar-refractivity contribution in [2.45, 2.75) is 45.6 Å². The number of pyridine rings is 1. The van der Waals surface area contributed by atoms with Crippen molar-refractivity contribution in [3.8, 4) is 5.75 Å². The SMILES string of the molecule is CC[C@H]1OB(O)c2cc(OCCCC[C-]=Cc3c([C](C)=[W])c(=O)c(C(=O)O)cn3C)ccc21. The number of aromatic carboxylic acids is 1. The zero-order valence-electron chi connectivity index (χ0n) is 19.0. The molecule has 0 radical (unpaired) electrons. The van der Waals surface area contributed by atoms with E-state index < -0.39 is 18.5 Å². The summed E-state index contributed by atoms with van der Waals surface area (Å²) < 4.78 is 13.9. The number of carboxylic acids is 1. The molecule has 2 N–H and O–H groups in total. The normalized spacial score (nSPS) is 15.2. The molecule has 174 valence electrons. The summed E-state index contributed by atoms with van der Waals surface area (Å²) in [5.74, 6) is -0.509. The van der Waals surface area contributed by atoms with Crippen molar-refractivity contribution in [1.82, 2.24) is 4.57 Å². The molecule has 33 heavy (non-hydrogen) atoms. The van der Waals surface area contributed by atoms with Gasteiger partial charge in [-0.2, -0.15) is 0 Å². The summed E-state index contributed by atoms with van der Waals surface area (Å²) in [5, 5.41) is 19.3. The topological polar surface area (TPSA) is 98.0 Å². The molecule has 1 aliphatic rings. The van der Waals surface area contributed by atoms with Gasteiger partial charge in [0.05, 0.1) is 6.10 Å². The molecule has 0 unspecified atom stereocenters. The molecular weight excluding hydrogens is 593 g/mol. The number of fused-ring (bicyclic) bond motifs is 1. The zero-order chi connectivity index (χ0) is 24.1. The van der Waals surface area contributed by atoms with Crippen LogP contribution in [-0.4, -0.2) is 38.3 Å². The van der Waals surface area contributed by atoms with Crippen LogP contribution in [0.2, 0.25) is 0 Å². The van der Waals surface area contributed by atoms with Crippen LogP contribution in [0.5, 0.6) is 5.75 Å². The maximum absolute atomic E-state index is 12.6. The van der Waals surface area contributed by atoms with Crippen molar-refractivity contribution in [2.24, 2.45) is 7.05 Å². The number of hydrogen-bond acceptors (Lipinski definition) is 5. The fourth-order valence-electron chi connectivity index (χ4n) is 3.87. The molecule has 9 heteroatoms. The number of carbonyl (C=O) groups is 1. The molecule has 0 bridgehead atoms. The number of carboxylic acid groups (broad SMARTS) is 1. The smallest absolute Gasteiger partial charge is 0.0532 e. The van der Waals surface area contributed by atoms with Gasteiger partial charge >= 0.3 is 159 Å². The second-order valence-electron chi connectivity index (χ2n) is 7.93. The molecule has 0 amide bonds. The predicted octanol–water partition coefficient (Wildman–Crippen LogP) is 2.41. The van der Waals surface area contributed by atoms with Gasteiger partial charge in [-0.15, -0.1) is 0 Å². The molecule has 3 rings (SSSR count). The minimum absolute atomic E-state index is 0.0674. The van der Waals surface area contributed by atoms with Gasteiger partial charge in [-0.05, 0) is 17.4 Å². The molecule has 7 nitrogen and oxygen atoms in total. The number of rotatable bonds is 10. The summed E-state index contributed by atoms with van der Waals surface area (Å²) in [5.41, 5.74) is 2.22. The summed E-state index contributed by atoms with van der Waals surface area (Å²) in [7, 11) is 0.834. The van der Waals surface area contributed by atoms with Gasteiger partial charge in [-0.25, -0.2) is 0 Å². The molecule has 1 aromatic heterocycles. The van der Waals surface area contributed by atoms with Crippen molar-refractivity contribution in [1.29, 1.82) is 0 Å². The van der Waals surface area contributed by atoms with Gasteiger partial charge < -0.3 is 9.68 Å². The van der Waals surface area contributed by atoms with Crippen molar-refractivity contribution in [3.05, 3.63) is 63.1 Å². The van der Waals surface area contributed by atoms with Gasteiger partial charge in [0.1, 0.15) is 0 Å². The quantitative estimate of drug-likeness (QED) is 0.241. The number of benzene rings is 1. The minimum Gasteiger partial charge on any atom is -0.0532 e. The van der Waals surface area contributed by atoms with Crippen LogP contribution < -0.4 is 15.6 Å². The van der Waals surface area contributed by atoms with E-state index in [2.05, 4.69) is 6.08 Å². The Morgan fingerprint density at radius 1 is 1.39 bits per heavy atom. The molecule has 0 spiro atoms. The summed E-state index contributed by atoms with van der Waals surface area (Å²) in [6.07, 6.45) is 9.44. The van der Waals surface area contributed by atoms with Crippen LogP contribution >= 0.6 is 0 Å². The van der Waals surface area contributed by atoms with E-state index in [1.165, 1.54) is 6.20 Å². The fraction of sp³-hybridized carbons (Fsp3) is 0.375. The molecule has 0 fully saturated rings. The Bertz CT molecular complexity index is 1140. The van der Waals surface area contributed by atoms with E-state index >= 15 is 0 Å². The first-order chi connectivity index (χ1) is 15.7. The Morgan fingerprint density at radius 2 is 2.15 bits per heavy atom. The average molecular weight is 620 g/mol. The average Bonchev–Trinajstić information content (AvgIpc) is 3.09. The summed E-state index contributed by atoms with van der Waals surface area (Å²) >= 11 is 1.12. The van der Waals surface area contributed by atoms with Crippen molar-refractivity contribution >= 4 is 28.5 Å². The fourth-order valence-corrected chi connectivity index (χ4v) is 4.58. The molecule has 0 saturated heterocycles. The van der Waals surface area contributed by atoms with Gasteiger partial charge in [0.15, 0.2) is 0 Å². The molecular formula is C24H27BNO6W-. The van der Waals surface area contributed by atoms with Crippen LogP contribution in [0.25, 0.3) is 6.08 Å². The summed E-state index contributed by atoms with van der Waals surface area (Å²) in [6, 6.07) is 5.71. The van der Waals surface area contributed by atoms with E-state index in [9.17, 15) is 19.7 Å². The second-order valence-corrected chi connectivity index (χ2v) is 10.1. The number of nitrogens with zero attached hydrogens (tertiary/aromatic N) is 1. The molecule has 2 heterocycles. The molecule has 0 aliphatic carbocycles. The number of aryl methyl sites for hydroxylation is 1. The first-order valence-electron chi connectivity index (χ1n) is 10.9. The first-order valence-corrected chi connectivity index (χ1v) is 12.4. The minimum atomic E-state index is -1.22. The van der Waals surface area contributed by atoms with Crippen LogP contribution in [-0.2, 0) is 31.1 Å². The first kappa shape index (κ1) is 25.3.